The van der Waals surface area contributed by atoms with Crippen molar-refractivity contribution in [2.75, 3.05) is 7.05 Å². The van der Waals surface area contributed by atoms with Crippen molar-refractivity contribution >= 4 is 35.6 Å². The molecule has 0 radical (unpaired) electrons. The van der Waals surface area contributed by atoms with Gasteiger partial charge < -0.3 is 10.6 Å². The molecule has 132 valence electrons. The van der Waals surface area contributed by atoms with Crippen LogP contribution in [0.4, 0.5) is 4.39 Å². The van der Waals surface area contributed by atoms with Crippen LogP contribution in [-0.4, -0.2) is 27.6 Å². The van der Waals surface area contributed by atoms with Crippen LogP contribution < -0.4 is 10.6 Å². The zero-order chi connectivity index (χ0) is 16.9. The van der Waals surface area contributed by atoms with Gasteiger partial charge in [-0.3, -0.25) is 9.39 Å². The maximum absolute atomic E-state index is 13.6. The van der Waals surface area contributed by atoms with Gasteiger partial charge in [-0.2, -0.15) is 0 Å². The van der Waals surface area contributed by atoms with Crippen LogP contribution in [0.3, 0.4) is 0 Å². The Balaban J connectivity index is 0.00000225. The first-order chi connectivity index (χ1) is 11.7. The average molecular weight is 454 g/mol. The second-order valence-electron chi connectivity index (χ2n) is 5.41. The predicted octanol–water partition coefficient (Wildman–Crippen LogP) is 2.66. The van der Waals surface area contributed by atoms with E-state index in [0.29, 0.717) is 24.6 Å². The number of hydrogen-bond donors (Lipinski definition) is 2. The number of fused-ring (bicyclic) bond motifs is 1. The molecule has 0 fully saturated rings. The largest absolute Gasteiger partial charge is 0.352 e. The van der Waals surface area contributed by atoms with E-state index in [1.165, 1.54) is 6.07 Å². The maximum Gasteiger partial charge on any atom is 0.191 e. The molecular weight excluding hydrogens is 434 g/mol. The minimum absolute atomic E-state index is 0. The quantitative estimate of drug-likeness (QED) is 0.362. The molecule has 3 aromatic rings. The SMILES string of the molecule is CN=C(NCc1ccc(C)c(F)c1)NCc1nnc2ccccn12.I. The van der Waals surface area contributed by atoms with E-state index in [9.17, 15) is 4.39 Å². The van der Waals surface area contributed by atoms with Gasteiger partial charge in [0.2, 0.25) is 0 Å². The number of benzene rings is 1. The van der Waals surface area contributed by atoms with Crippen LogP contribution in [-0.2, 0) is 13.1 Å². The molecule has 2 aromatic heterocycles. The number of nitrogens with one attached hydrogen (secondary N) is 2. The Kier molecular flexibility index (Phi) is 6.68. The third kappa shape index (κ3) is 4.65. The lowest BCUT2D eigenvalue weighted by atomic mass is 10.1. The Bertz CT molecular complexity index is 876. The first-order valence-corrected chi connectivity index (χ1v) is 7.65. The smallest absolute Gasteiger partial charge is 0.191 e. The number of guanidine groups is 1. The van der Waals surface area contributed by atoms with E-state index in [4.69, 9.17) is 0 Å². The van der Waals surface area contributed by atoms with Gasteiger partial charge in [-0.05, 0) is 36.2 Å². The van der Waals surface area contributed by atoms with Gasteiger partial charge in [0.25, 0.3) is 0 Å². The van der Waals surface area contributed by atoms with Gasteiger partial charge in [0.15, 0.2) is 17.4 Å². The normalized spacial score (nSPS) is 11.2. The molecule has 0 aliphatic carbocycles. The minimum atomic E-state index is -0.202. The number of halogens is 2. The molecule has 3 rings (SSSR count). The van der Waals surface area contributed by atoms with E-state index in [2.05, 4.69) is 25.8 Å². The van der Waals surface area contributed by atoms with Crippen molar-refractivity contribution in [2.45, 2.75) is 20.0 Å². The van der Waals surface area contributed by atoms with Crippen molar-refractivity contribution in [1.29, 1.82) is 0 Å². The molecule has 8 heteroatoms. The molecule has 0 saturated heterocycles. The first kappa shape index (κ1) is 19.1. The second kappa shape index (κ2) is 8.75. The zero-order valence-electron chi connectivity index (χ0n) is 14.0. The molecule has 0 atom stereocenters. The van der Waals surface area contributed by atoms with Gasteiger partial charge >= 0.3 is 0 Å². The van der Waals surface area contributed by atoms with Gasteiger partial charge in [0, 0.05) is 19.8 Å². The summed E-state index contributed by atoms with van der Waals surface area (Å²) in [5.41, 5.74) is 2.29. The number of aliphatic imine (C=N–C) groups is 1. The number of hydrogen-bond acceptors (Lipinski definition) is 3. The lowest BCUT2D eigenvalue weighted by molar-refractivity contribution is 0.615. The molecule has 1 aromatic carbocycles. The monoisotopic (exact) mass is 454 g/mol. The highest BCUT2D eigenvalue weighted by molar-refractivity contribution is 14.0. The van der Waals surface area contributed by atoms with Crippen LogP contribution in [0.5, 0.6) is 0 Å². The molecule has 0 aliphatic rings. The molecule has 0 spiro atoms. The lowest BCUT2D eigenvalue weighted by Gasteiger charge is -2.11. The third-order valence-corrected chi connectivity index (χ3v) is 3.72. The van der Waals surface area contributed by atoms with E-state index < -0.39 is 0 Å². The summed E-state index contributed by atoms with van der Waals surface area (Å²) in [4.78, 5) is 4.17. The fraction of sp³-hybridized carbons (Fsp3) is 0.235. The van der Waals surface area contributed by atoms with Crippen molar-refractivity contribution in [2.24, 2.45) is 4.99 Å². The molecule has 0 bridgehead atoms. The van der Waals surface area contributed by atoms with Gasteiger partial charge in [0.1, 0.15) is 5.82 Å². The molecule has 0 saturated carbocycles. The van der Waals surface area contributed by atoms with E-state index in [0.717, 1.165) is 17.0 Å². The summed E-state index contributed by atoms with van der Waals surface area (Å²) in [7, 11) is 1.69. The fourth-order valence-electron chi connectivity index (χ4n) is 2.33. The summed E-state index contributed by atoms with van der Waals surface area (Å²) in [5.74, 6) is 1.20. The van der Waals surface area contributed by atoms with E-state index in [1.54, 1.807) is 20.0 Å². The van der Waals surface area contributed by atoms with Crippen LogP contribution in [0, 0.1) is 12.7 Å². The molecule has 6 nitrogen and oxygen atoms in total. The van der Waals surface area contributed by atoms with Gasteiger partial charge in [-0.15, -0.1) is 34.2 Å². The molecule has 2 heterocycles. The molecule has 0 unspecified atom stereocenters. The van der Waals surface area contributed by atoms with Crippen LogP contribution in [0.2, 0.25) is 0 Å². The van der Waals surface area contributed by atoms with Crippen LogP contribution in [0.15, 0.2) is 47.6 Å². The van der Waals surface area contributed by atoms with Crippen LogP contribution in [0.25, 0.3) is 5.65 Å². The van der Waals surface area contributed by atoms with Crippen molar-refractivity contribution in [3.63, 3.8) is 0 Å². The Morgan fingerprint density at radius 3 is 2.72 bits per heavy atom. The highest BCUT2D eigenvalue weighted by Crippen LogP contribution is 2.08. The van der Waals surface area contributed by atoms with Gasteiger partial charge in [-0.1, -0.05) is 18.2 Å². The second-order valence-corrected chi connectivity index (χ2v) is 5.41. The number of nitrogens with zero attached hydrogens (tertiary/aromatic N) is 4. The number of aromatic nitrogens is 3. The van der Waals surface area contributed by atoms with Crippen LogP contribution >= 0.6 is 24.0 Å². The summed E-state index contributed by atoms with van der Waals surface area (Å²) < 4.78 is 15.5. The van der Waals surface area contributed by atoms with Crippen molar-refractivity contribution in [1.82, 2.24) is 25.2 Å². The minimum Gasteiger partial charge on any atom is -0.352 e. The van der Waals surface area contributed by atoms with Gasteiger partial charge in [-0.25, -0.2) is 4.39 Å². The number of aryl methyl sites for hydroxylation is 1. The Hall–Kier alpha value is -2.23. The average Bonchev–Trinajstić information content (AvgIpc) is 3.01. The summed E-state index contributed by atoms with van der Waals surface area (Å²) in [6.07, 6.45) is 1.91. The Labute approximate surface area is 162 Å². The van der Waals surface area contributed by atoms with Crippen molar-refractivity contribution in [3.8, 4) is 0 Å². The topological polar surface area (TPSA) is 66.6 Å². The summed E-state index contributed by atoms with van der Waals surface area (Å²) in [6.45, 7) is 2.71. The maximum atomic E-state index is 13.6. The highest BCUT2D eigenvalue weighted by Gasteiger charge is 2.06. The number of rotatable bonds is 4. The van der Waals surface area contributed by atoms with Crippen LogP contribution in [0.1, 0.15) is 17.0 Å². The summed E-state index contributed by atoms with van der Waals surface area (Å²) in [5, 5.41) is 14.6. The van der Waals surface area contributed by atoms with Crippen molar-refractivity contribution in [3.05, 3.63) is 65.4 Å². The van der Waals surface area contributed by atoms with E-state index in [-0.39, 0.29) is 29.8 Å². The first-order valence-electron chi connectivity index (χ1n) is 7.65. The number of pyridine rings is 1. The predicted molar refractivity (Wildman–Crippen MR) is 107 cm³/mol. The molecule has 2 N–H and O–H groups in total. The molecular formula is C17H20FIN6. The molecule has 0 aliphatic heterocycles. The van der Waals surface area contributed by atoms with E-state index >= 15 is 0 Å². The standard InChI is InChI=1S/C17H19FN6.HI/c1-12-6-7-13(9-14(12)18)10-20-17(19-2)21-11-16-23-22-15-5-3-4-8-24(15)16;/h3-9H,10-11H2,1-2H3,(H2,19,20,21);1H. The van der Waals surface area contributed by atoms with E-state index in [1.807, 2.05) is 34.9 Å². The van der Waals surface area contributed by atoms with Gasteiger partial charge in [0.05, 0.1) is 6.54 Å². The Morgan fingerprint density at radius 1 is 1.16 bits per heavy atom. The lowest BCUT2D eigenvalue weighted by Crippen LogP contribution is -2.36. The third-order valence-electron chi connectivity index (χ3n) is 3.72. The fourth-order valence-corrected chi connectivity index (χ4v) is 2.33. The molecule has 0 amide bonds. The highest BCUT2D eigenvalue weighted by atomic mass is 127. The summed E-state index contributed by atoms with van der Waals surface area (Å²) >= 11 is 0. The summed E-state index contributed by atoms with van der Waals surface area (Å²) in [6, 6.07) is 10.9. The zero-order valence-corrected chi connectivity index (χ0v) is 16.4. The Morgan fingerprint density at radius 2 is 1.96 bits per heavy atom. The molecule has 25 heavy (non-hydrogen) atoms. The van der Waals surface area contributed by atoms with Crippen molar-refractivity contribution < 1.29 is 4.39 Å².